The van der Waals surface area contributed by atoms with E-state index in [0.717, 1.165) is 0 Å². The summed E-state index contributed by atoms with van der Waals surface area (Å²) in [6.07, 6.45) is 0. The monoisotopic (exact) mass is 315 g/mol. The summed E-state index contributed by atoms with van der Waals surface area (Å²) in [6.45, 7) is 5.18. The molecule has 20 heavy (non-hydrogen) atoms. The summed E-state index contributed by atoms with van der Waals surface area (Å²) < 4.78 is 0. The van der Waals surface area contributed by atoms with Crippen LogP contribution in [0.4, 0.5) is 0 Å². The zero-order valence-corrected chi connectivity index (χ0v) is 12.8. The van der Waals surface area contributed by atoms with Crippen LogP contribution in [0.25, 0.3) is 0 Å². The van der Waals surface area contributed by atoms with Crippen LogP contribution in [-0.4, -0.2) is 23.6 Å². The third-order valence-electron chi connectivity index (χ3n) is 2.27. The molecule has 7 heteroatoms. The minimum Gasteiger partial charge on any atom is -0.346 e. The molecule has 0 spiro atoms. The van der Waals surface area contributed by atoms with Crippen molar-refractivity contribution in [3.63, 3.8) is 0 Å². The maximum Gasteiger partial charge on any atom is 0.329 e. The average molecular weight is 316 g/mol. The first kappa shape index (κ1) is 16.5. The molecule has 0 saturated heterocycles. The average Bonchev–Trinajstić information content (AvgIpc) is 2.34. The molecule has 0 aliphatic carbocycles. The van der Waals surface area contributed by atoms with Gasteiger partial charge in [0.15, 0.2) is 0 Å². The third-order valence-corrected chi connectivity index (χ3v) is 2.82. The minimum atomic E-state index is -0.830. The zero-order valence-electron chi connectivity index (χ0n) is 11.3. The number of hydrogen-bond acceptors (Lipinski definition) is 3. The molecule has 0 saturated carbocycles. The molecule has 0 fully saturated rings. The van der Waals surface area contributed by atoms with Crippen molar-refractivity contribution in [3.05, 3.63) is 33.8 Å². The molecule has 0 heterocycles. The Kier molecular flexibility index (Phi) is 5.98. The second-order valence-corrected chi connectivity index (χ2v) is 5.23. The molecular formula is C13H15Cl2N3O2. The Bertz CT molecular complexity index is 557. The standard InChI is InChI=1S/C13H15Cl2N3O2/c1-7(2)16-12(19)13(20)18-17-8(3)10-5-4-9(14)6-11(10)15/h4-7H,1-3H3,(H,16,19)(H,18,20)/b17-8-. The highest BCUT2D eigenvalue weighted by Crippen LogP contribution is 2.21. The van der Waals surface area contributed by atoms with E-state index in [1.54, 1.807) is 39.0 Å². The first-order valence-electron chi connectivity index (χ1n) is 5.91. The van der Waals surface area contributed by atoms with Crippen LogP contribution in [0.2, 0.25) is 10.0 Å². The molecule has 108 valence electrons. The van der Waals surface area contributed by atoms with Gasteiger partial charge in [-0.25, -0.2) is 5.43 Å². The van der Waals surface area contributed by atoms with Crippen LogP contribution < -0.4 is 10.7 Å². The highest BCUT2D eigenvalue weighted by Gasteiger charge is 2.14. The van der Waals surface area contributed by atoms with E-state index in [1.165, 1.54) is 0 Å². The van der Waals surface area contributed by atoms with Crippen molar-refractivity contribution in [1.29, 1.82) is 0 Å². The van der Waals surface area contributed by atoms with Crippen LogP contribution in [0, 0.1) is 0 Å². The van der Waals surface area contributed by atoms with Gasteiger partial charge >= 0.3 is 11.8 Å². The third kappa shape index (κ3) is 4.83. The van der Waals surface area contributed by atoms with Gasteiger partial charge in [0.2, 0.25) is 0 Å². The lowest BCUT2D eigenvalue weighted by Crippen LogP contribution is -2.41. The fraction of sp³-hybridized carbons (Fsp3) is 0.308. The van der Waals surface area contributed by atoms with Crippen LogP contribution >= 0.6 is 23.2 Å². The summed E-state index contributed by atoms with van der Waals surface area (Å²) >= 11 is 11.8. The molecule has 0 unspecified atom stereocenters. The molecule has 0 aliphatic rings. The Morgan fingerprint density at radius 1 is 1.20 bits per heavy atom. The molecule has 1 aromatic rings. The van der Waals surface area contributed by atoms with E-state index < -0.39 is 11.8 Å². The molecule has 0 aliphatic heterocycles. The van der Waals surface area contributed by atoms with Gasteiger partial charge in [0.1, 0.15) is 0 Å². The maximum atomic E-state index is 11.5. The second-order valence-electron chi connectivity index (χ2n) is 4.39. The number of hydrazone groups is 1. The normalized spacial score (nSPS) is 11.4. The van der Waals surface area contributed by atoms with E-state index in [2.05, 4.69) is 15.8 Å². The fourth-order valence-electron chi connectivity index (χ4n) is 1.36. The topological polar surface area (TPSA) is 70.6 Å². The Morgan fingerprint density at radius 2 is 1.85 bits per heavy atom. The number of rotatable bonds is 3. The Balaban J connectivity index is 2.75. The van der Waals surface area contributed by atoms with Gasteiger partial charge < -0.3 is 5.32 Å². The van der Waals surface area contributed by atoms with Crippen molar-refractivity contribution in [2.24, 2.45) is 5.10 Å². The van der Waals surface area contributed by atoms with E-state index in [4.69, 9.17) is 23.2 Å². The Morgan fingerprint density at radius 3 is 2.40 bits per heavy atom. The molecular weight excluding hydrogens is 301 g/mol. The largest absolute Gasteiger partial charge is 0.346 e. The number of nitrogens with one attached hydrogen (secondary N) is 2. The quantitative estimate of drug-likeness (QED) is 0.510. The highest BCUT2D eigenvalue weighted by molar-refractivity contribution is 6.37. The molecule has 5 nitrogen and oxygen atoms in total. The summed E-state index contributed by atoms with van der Waals surface area (Å²) in [5, 5.41) is 7.23. The first-order valence-corrected chi connectivity index (χ1v) is 6.67. The van der Waals surface area contributed by atoms with Gasteiger partial charge in [-0.2, -0.15) is 5.10 Å². The number of carbonyl (C=O) groups excluding carboxylic acids is 2. The van der Waals surface area contributed by atoms with Crippen LogP contribution in [0.3, 0.4) is 0 Å². The lowest BCUT2D eigenvalue weighted by atomic mass is 10.1. The number of halogens is 2. The molecule has 0 aromatic heterocycles. The van der Waals surface area contributed by atoms with Gasteiger partial charge in [-0.05, 0) is 32.9 Å². The molecule has 2 N–H and O–H groups in total. The first-order chi connectivity index (χ1) is 9.31. The number of nitrogens with zero attached hydrogens (tertiary/aromatic N) is 1. The van der Waals surface area contributed by atoms with Crippen molar-refractivity contribution >= 4 is 40.7 Å². The predicted molar refractivity (Wildman–Crippen MR) is 80.1 cm³/mol. The summed E-state index contributed by atoms with van der Waals surface area (Å²) in [5.41, 5.74) is 3.27. The van der Waals surface area contributed by atoms with Gasteiger partial charge in [0.05, 0.1) is 10.7 Å². The number of benzene rings is 1. The molecule has 1 rings (SSSR count). The molecule has 0 atom stereocenters. The smallest absolute Gasteiger partial charge is 0.329 e. The number of amides is 2. The molecule has 0 bridgehead atoms. The zero-order chi connectivity index (χ0) is 15.3. The molecule has 1 aromatic carbocycles. The van der Waals surface area contributed by atoms with Gasteiger partial charge in [-0.15, -0.1) is 0 Å². The fourth-order valence-corrected chi connectivity index (χ4v) is 1.90. The number of hydrogen-bond donors (Lipinski definition) is 2. The number of carbonyl (C=O) groups is 2. The van der Waals surface area contributed by atoms with E-state index in [0.29, 0.717) is 21.3 Å². The van der Waals surface area contributed by atoms with Gasteiger partial charge in [0.25, 0.3) is 0 Å². The lowest BCUT2D eigenvalue weighted by molar-refractivity contribution is -0.139. The van der Waals surface area contributed by atoms with Crippen LogP contribution in [0.15, 0.2) is 23.3 Å². The van der Waals surface area contributed by atoms with Crippen LogP contribution in [-0.2, 0) is 9.59 Å². The van der Waals surface area contributed by atoms with Gasteiger partial charge in [-0.3, -0.25) is 9.59 Å². The summed E-state index contributed by atoms with van der Waals surface area (Å²) in [4.78, 5) is 22.8. The Hall–Kier alpha value is -1.59. The van der Waals surface area contributed by atoms with E-state index >= 15 is 0 Å². The SMILES string of the molecule is C/C(=N/NC(=O)C(=O)NC(C)C)c1ccc(Cl)cc1Cl. The molecule has 2 amide bonds. The molecule has 0 radical (unpaired) electrons. The Labute approximate surface area is 127 Å². The van der Waals surface area contributed by atoms with Crippen LogP contribution in [0.1, 0.15) is 26.3 Å². The van der Waals surface area contributed by atoms with Crippen molar-refractivity contribution in [2.75, 3.05) is 0 Å². The second kappa shape index (κ2) is 7.26. The summed E-state index contributed by atoms with van der Waals surface area (Å²) in [7, 11) is 0. The maximum absolute atomic E-state index is 11.5. The lowest BCUT2D eigenvalue weighted by Gasteiger charge is -2.07. The van der Waals surface area contributed by atoms with Crippen molar-refractivity contribution < 1.29 is 9.59 Å². The van der Waals surface area contributed by atoms with E-state index in [-0.39, 0.29) is 6.04 Å². The van der Waals surface area contributed by atoms with Crippen molar-refractivity contribution in [2.45, 2.75) is 26.8 Å². The predicted octanol–water partition coefficient (Wildman–Crippen LogP) is 2.36. The highest BCUT2D eigenvalue weighted by atomic mass is 35.5. The van der Waals surface area contributed by atoms with Crippen LogP contribution in [0.5, 0.6) is 0 Å². The van der Waals surface area contributed by atoms with Gasteiger partial charge in [0, 0.05) is 16.6 Å². The van der Waals surface area contributed by atoms with E-state index in [9.17, 15) is 9.59 Å². The summed E-state index contributed by atoms with van der Waals surface area (Å²) in [5.74, 6) is -1.57. The van der Waals surface area contributed by atoms with E-state index in [1.807, 2.05) is 0 Å². The van der Waals surface area contributed by atoms with Crippen molar-refractivity contribution in [1.82, 2.24) is 10.7 Å². The van der Waals surface area contributed by atoms with Crippen molar-refractivity contribution in [3.8, 4) is 0 Å². The minimum absolute atomic E-state index is 0.121. The van der Waals surface area contributed by atoms with Gasteiger partial charge in [-0.1, -0.05) is 29.3 Å². The summed E-state index contributed by atoms with van der Waals surface area (Å²) in [6, 6.07) is 4.80.